The molecule has 5 heteroatoms. The normalized spacial score (nSPS) is 10.7. The summed E-state index contributed by atoms with van der Waals surface area (Å²) in [6, 6.07) is 15.6. The molecule has 0 amide bonds. The van der Waals surface area contributed by atoms with Crippen molar-refractivity contribution in [1.29, 1.82) is 0 Å². The number of pyridine rings is 1. The summed E-state index contributed by atoms with van der Waals surface area (Å²) in [6.07, 6.45) is 0. The van der Waals surface area contributed by atoms with Crippen LogP contribution in [-0.2, 0) is 0 Å². The second-order valence-corrected chi connectivity index (χ2v) is 5.71. The number of nitrogens with zero attached hydrogens (tertiary/aromatic N) is 1. The summed E-state index contributed by atoms with van der Waals surface area (Å²) in [7, 11) is 0. The molecule has 0 fully saturated rings. The minimum Gasteiger partial charge on any atom is -0.396 e. The van der Waals surface area contributed by atoms with Crippen molar-refractivity contribution in [2.24, 2.45) is 0 Å². The second-order valence-electron chi connectivity index (χ2n) is 4.40. The Bertz CT molecular complexity index is 789. The van der Waals surface area contributed by atoms with Crippen LogP contribution in [0.4, 0.5) is 17.2 Å². The van der Waals surface area contributed by atoms with Crippen LogP contribution in [0.2, 0.25) is 5.15 Å². The zero-order valence-corrected chi connectivity index (χ0v) is 12.7. The van der Waals surface area contributed by atoms with Gasteiger partial charge in [0.25, 0.3) is 0 Å². The van der Waals surface area contributed by atoms with Crippen molar-refractivity contribution in [2.45, 2.75) is 0 Å². The average Bonchev–Trinajstić information content (AvgIpc) is 2.43. The van der Waals surface area contributed by atoms with Crippen LogP contribution in [0.15, 0.2) is 53.0 Å². The average molecular weight is 349 g/mol. The van der Waals surface area contributed by atoms with E-state index in [1.165, 1.54) is 0 Å². The monoisotopic (exact) mass is 347 g/mol. The number of hydrogen-bond donors (Lipinski definition) is 2. The molecule has 3 N–H and O–H groups in total. The number of hydrogen-bond acceptors (Lipinski definition) is 3. The van der Waals surface area contributed by atoms with Gasteiger partial charge in [-0.1, -0.05) is 39.7 Å². The summed E-state index contributed by atoms with van der Waals surface area (Å²) in [5.74, 6) is 0.564. The first kappa shape index (κ1) is 13.2. The van der Waals surface area contributed by atoms with Gasteiger partial charge in [-0.2, -0.15) is 0 Å². The third-order valence-corrected chi connectivity index (χ3v) is 3.66. The maximum absolute atomic E-state index is 5.88. The van der Waals surface area contributed by atoms with Crippen molar-refractivity contribution in [3.8, 4) is 0 Å². The van der Waals surface area contributed by atoms with Crippen LogP contribution in [0.1, 0.15) is 0 Å². The highest BCUT2D eigenvalue weighted by molar-refractivity contribution is 9.10. The summed E-state index contributed by atoms with van der Waals surface area (Å²) in [5.41, 5.74) is 7.36. The van der Waals surface area contributed by atoms with Gasteiger partial charge in [0.15, 0.2) is 5.82 Å². The summed E-state index contributed by atoms with van der Waals surface area (Å²) in [4.78, 5) is 4.18. The van der Waals surface area contributed by atoms with Gasteiger partial charge < -0.3 is 11.1 Å². The van der Waals surface area contributed by atoms with Crippen molar-refractivity contribution in [2.75, 3.05) is 11.1 Å². The van der Waals surface area contributed by atoms with Gasteiger partial charge in [0.1, 0.15) is 5.15 Å². The van der Waals surface area contributed by atoms with Crippen molar-refractivity contribution < 1.29 is 0 Å². The van der Waals surface area contributed by atoms with E-state index in [0.717, 1.165) is 20.9 Å². The second kappa shape index (κ2) is 5.31. The zero-order valence-electron chi connectivity index (χ0n) is 10.4. The topological polar surface area (TPSA) is 50.9 Å². The van der Waals surface area contributed by atoms with Gasteiger partial charge in [-0.3, -0.25) is 0 Å². The highest BCUT2D eigenvalue weighted by atomic mass is 79.9. The number of nitrogen functional groups attached to an aromatic ring is 1. The van der Waals surface area contributed by atoms with Crippen molar-refractivity contribution in [3.63, 3.8) is 0 Å². The summed E-state index contributed by atoms with van der Waals surface area (Å²) in [5, 5.41) is 5.90. The third-order valence-electron chi connectivity index (χ3n) is 2.96. The Balaban J connectivity index is 1.98. The highest BCUT2D eigenvalue weighted by Crippen LogP contribution is 2.27. The van der Waals surface area contributed by atoms with Crippen LogP contribution < -0.4 is 11.1 Å². The van der Waals surface area contributed by atoms with Crippen molar-refractivity contribution >= 4 is 55.5 Å². The molecule has 3 aromatic rings. The first-order chi connectivity index (χ1) is 9.61. The molecule has 1 aromatic heterocycles. The first-order valence-electron chi connectivity index (χ1n) is 6.00. The van der Waals surface area contributed by atoms with Gasteiger partial charge in [-0.15, -0.1) is 0 Å². The van der Waals surface area contributed by atoms with E-state index in [2.05, 4.69) is 38.4 Å². The number of anilines is 3. The van der Waals surface area contributed by atoms with E-state index in [1.807, 2.05) is 24.3 Å². The molecule has 1 heterocycles. The molecule has 0 aliphatic carbocycles. The molecular weight excluding hydrogens is 338 g/mol. The Kier molecular flexibility index (Phi) is 3.51. The van der Waals surface area contributed by atoms with Gasteiger partial charge in [0.05, 0.1) is 5.69 Å². The molecule has 20 heavy (non-hydrogen) atoms. The van der Waals surface area contributed by atoms with E-state index < -0.39 is 0 Å². The number of nitrogens with two attached hydrogens (primary N) is 1. The van der Waals surface area contributed by atoms with E-state index in [0.29, 0.717) is 16.7 Å². The van der Waals surface area contributed by atoms with Crippen LogP contribution in [0.5, 0.6) is 0 Å². The van der Waals surface area contributed by atoms with Crippen molar-refractivity contribution in [3.05, 3.63) is 58.2 Å². The Morgan fingerprint density at radius 3 is 2.60 bits per heavy atom. The van der Waals surface area contributed by atoms with Gasteiger partial charge in [-0.25, -0.2) is 4.98 Å². The molecule has 0 unspecified atom stereocenters. The fourth-order valence-corrected chi connectivity index (χ4v) is 2.50. The van der Waals surface area contributed by atoms with Crippen LogP contribution in [0.3, 0.4) is 0 Å². The molecule has 0 saturated carbocycles. The lowest BCUT2D eigenvalue weighted by Crippen LogP contribution is -1.99. The predicted molar refractivity (Wildman–Crippen MR) is 88.6 cm³/mol. The Labute approximate surface area is 129 Å². The summed E-state index contributed by atoms with van der Waals surface area (Å²) in [6.45, 7) is 0. The largest absolute Gasteiger partial charge is 0.396 e. The Hall–Kier alpha value is -1.78. The molecule has 0 spiro atoms. The number of benzene rings is 2. The smallest absolute Gasteiger partial charge is 0.155 e. The molecule has 3 rings (SSSR count). The van der Waals surface area contributed by atoms with Gasteiger partial charge >= 0.3 is 0 Å². The highest BCUT2D eigenvalue weighted by Gasteiger charge is 2.03. The van der Waals surface area contributed by atoms with E-state index in [4.69, 9.17) is 17.3 Å². The fraction of sp³-hybridized carbons (Fsp3) is 0. The van der Waals surface area contributed by atoms with Crippen molar-refractivity contribution in [1.82, 2.24) is 4.98 Å². The number of rotatable bonds is 2. The number of fused-ring (bicyclic) bond motifs is 1. The minimum absolute atomic E-state index is 0.409. The quantitative estimate of drug-likeness (QED) is 0.642. The summed E-state index contributed by atoms with van der Waals surface area (Å²) >= 11 is 9.35. The lowest BCUT2D eigenvalue weighted by molar-refractivity contribution is 1.31. The SMILES string of the molecule is Nc1ccc(Cl)nc1Nc1ccc2cc(Br)ccc2c1. The molecule has 0 aliphatic rings. The Morgan fingerprint density at radius 1 is 1.00 bits per heavy atom. The molecule has 0 atom stereocenters. The summed E-state index contributed by atoms with van der Waals surface area (Å²) < 4.78 is 1.06. The fourth-order valence-electron chi connectivity index (χ4n) is 1.98. The predicted octanol–water partition coefficient (Wildman–Crippen LogP) is 4.98. The molecule has 0 bridgehead atoms. The molecule has 0 saturated heterocycles. The van der Waals surface area contributed by atoms with Crippen LogP contribution in [0, 0.1) is 0 Å². The molecule has 0 radical (unpaired) electrons. The minimum atomic E-state index is 0.409. The maximum atomic E-state index is 5.88. The van der Waals surface area contributed by atoms with E-state index in [-0.39, 0.29) is 0 Å². The lowest BCUT2D eigenvalue weighted by atomic mass is 10.1. The van der Waals surface area contributed by atoms with E-state index >= 15 is 0 Å². The Morgan fingerprint density at radius 2 is 1.75 bits per heavy atom. The van der Waals surface area contributed by atoms with E-state index in [1.54, 1.807) is 12.1 Å². The molecule has 100 valence electrons. The van der Waals surface area contributed by atoms with Gasteiger partial charge in [-0.05, 0) is 47.2 Å². The third kappa shape index (κ3) is 2.71. The molecule has 0 aliphatic heterocycles. The van der Waals surface area contributed by atoms with E-state index in [9.17, 15) is 0 Å². The van der Waals surface area contributed by atoms with Crippen LogP contribution in [0.25, 0.3) is 10.8 Å². The maximum Gasteiger partial charge on any atom is 0.155 e. The van der Waals surface area contributed by atoms with Crippen LogP contribution in [-0.4, -0.2) is 4.98 Å². The number of aromatic nitrogens is 1. The number of nitrogens with one attached hydrogen (secondary N) is 1. The zero-order chi connectivity index (χ0) is 14.1. The molecular formula is C15H11BrClN3. The van der Waals surface area contributed by atoms with Gasteiger partial charge in [0.2, 0.25) is 0 Å². The first-order valence-corrected chi connectivity index (χ1v) is 7.17. The van der Waals surface area contributed by atoms with Crippen LogP contribution >= 0.6 is 27.5 Å². The van der Waals surface area contributed by atoms with Gasteiger partial charge in [0, 0.05) is 10.2 Å². The number of halogens is 2. The lowest BCUT2D eigenvalue weighted by Gasteiger charge is -2.09. The molecule has 3 nitrogen and oxygen atoms in total. The standard InChI is InChI=1S/C15H11BrClN3/c16-11-3-1-10-8-12(4-2-9(10)7-11)19-15-13(18)5-6-14(17)20-15/h1-8H,18H2,(H,19,20). The molecule has 2 aromatic carbocycles.